The number of carbonyl (C=O) groups excluding carboxylic acids is 2. The third-order valence-corrected chi connectivity index (χ3v) is 4.85. The normalized spacial score (nSPS) is 14.4. The number of nitrogens with one attached hydrogen (secondary N) is 1. The molecule has 0 spiro atoms. The number of hydrogen-bond donors (Lipinski definition) is 1. The number of aryl methyl sites for hydroxylation is 1. The van der Waals surface area contributed by atoms with Gasteiger partial charge in [0, 0.05) is 44.7 Å². The molecule has 2 amide bonds. The Morgan fingerprint density at radius 2 is 1.80 bits per heavy atom. The standard InChI is InChI=1S/C17H21N5O2S/c1-13-19-20-17(25-13)18-15(23)7-8-16(24)22-11-9-21(10-12-22)14-5-3-2-4-6-14/h2-6H,7-12H2,1H3,(H,18,20,23). The van der Waals surface area contributed by atoms with Crippen LogP contribution in [0.15, 0.2) is 30.3 Å². The molecule has 0 radical (unpaired) electrons. The Labute approximate surface area is 150 Å². The summed E-state index contributed by atoms with van der Waals surface area (Å²) in [6.07, 6.45) is 0.380. The third kappa shape index (κ3) is 4.76. The highest BCUT2D eigenvalue weighted by atomic mass is 32.1. The van der Waals surface area contributed by atoms with Crippen molar-refractivity contribution in [2.75, 3.05) is 36.4 Å². The Hall–Kier alpha value is -2.48. The summed E-state index contributed by atoms with van der Waals surface area (Å²) in [5, 5.41) is 11.6. The molecule has 0 saturated carbocycles. The molecule has 1 saturated heterocycles. The van der Waals surface area contributed by atoms with E-state index in [1.165, 1.54) is 17.0 Å². The first-order chi connectivity index (χ1) is 12.1. The van der Waals surface area contributed by atoms with Crippen LogP contribution >= 0.6 is 11.3 Å². The van der Waals surface area contributed by atoms with Crippen LogP contribution in [0.25, 0.3) is 0 Å². The summed E-state index contributed by atoms with van der Waals surface area (Å²) in [4.78, 5) is 28.3. The molecule has 0 unspecified atom stereocenters. The second-order valence-electron chi connectivity index (χ2n) is 5.88. The third-order valence-electron chi connectivity index (χ3n) is 4.09. The van der Waals surface area contributed by atoms with Crippen molar-refractivity contribution in [3.63, 3.8) is 0 Å². The summed E-state index contributed by atoms with van der Waals surface area (Å²) in [5.74, 6) is -0.177. The Balaban J connectivity index is 1.41. The molecule has 132 valence electrons. The maximum atomic E-state index is 12.3. The largest absolute Gasteiger partial charge is 0.368 e. The summed E-state index contributed by atoms with van der Waals surface area (Å²) in [7, 11) is 0. The molecule has 1 aromatic heterocycles. The van der Waals surface area contributed by atoms with Gasteiger partial charge in [-0.15, -0.1) is 10.2 Å². The van der Waals surface area contributed by atoms with Crippen molar-refractivity contribution in [1.29, 1.82) is 0 Å². The van der Waals surface area contributed by atoms with Crippen LogP contribution in [0.2, 0.25) is 0 Å². The summed E-state index contributed by atoms with van der Waals surface area (Å²) in [6, 6.07) is 10.2. The molecule has 1 N–H and O–H groups in total. The molecule has 3 rings (SSSR count). The predicted molar refractivity (Wildman–Crippen MR) is 97.7 cm³/mol. The van der Waals surface area contributed by atoms with Gasteiger partial charge in [0.05, 0.1) is 0 Å². The lowest BCUT2D eigenvalue weighted by atomic mass is 10.2. The number of aromatic nitrogens is 2. The van der Waals surface area contributed by atoms with Gasteiger partial charge in [-0.05, 0) is 19.1 Å². The molecule has 0 bridgehead atoms. The van der Waals surface area contributed by atoms with Gasteiger partial charge in [0.15, 0.2) is 0 Å². The van der Waals surface area contributed by atoms with Gasteiger partial charge in [0.25, 0.3) is 0 Å². The highest BCUT2D eigenvalue weighted by Gasteiger charge is 2.21. The number of nitrogens with zero attached hydrogens (tertiary/aromatic N) is 4. The molecule has 2 heterocycles. The van der Waals surface area contributed by atoms with Crippen molar-refractivity contribution in [1.82, 2.24) is 15.1 Å². The van der Waals surface area contributed by atoms with E-state index in [0.717, 1.165) is 18.1 Å². The van der Waals surface area contributed by atoms with Gasteiger partial charge in [-0.2, -0.15) is 0 Å². The monoisotopic (exact) mass is 359 g/mol. The lowest BCUT2D eigenvalue weighted by molar-refractivity contribution is -0.133. The zero-order chi connectivity index (χ0) is 17.6. The Morgan fingerprint density at radius 3 is 2.44 bits per heavy atom. The smallest absolute Gasteiger partial charge is 0.226 e. The highest BCUT2D eigenvalue weighted by Crippen LogP contribution is 2.17. The van der Waals surface area contributed by atoms with Crippen molar-refractivity contribution in [3.05, 3.63) is 35.3 Å². The van der Waals surface area contributed by atoms with E-state index >= 15 is 0 Å². The van der Waals surface area contributed by atoms with Crippen LogP contribution in [0.4, 0.5) is 10.8 Å². The summed E-state index contributed by atoms with van der Waals surface area (Å²) in [6.45, 7) is 4.82. The van der Waals surface area contributed by atoms with Crippen LogP contribution < -0.4 is 10.2 Å². The van der Waals surface area contributed by atoms with Gasteiger partial charge >= 0.3 is 0 Å². The molecule has 25 heavy (non-hydrogen) atoms. The minimum atomic E-state index is -0.201. The van der Waals surface area contributed by atoms with E-state index in [4.69, 9.17) is 0 Å². The topological polar surface area (TPSA) is 78.4 Å². The number of hydrogen-bond acceptors (Lipinski definition) is 6. The van der Waals surface area contributed by atoms with E-state index in [1.54, 1.807) is 0 Å². The predicted octanol–water partition coefficient (Wildman–Crippen LogP) is 1.91. The highest BCUT2D eigenvalue weighted by molar-refractivity contribution is 7.15. The maximum absolute atomic E-state index is 12.3. The second-order valence-corrected chi connectivity index (χ2v) is 7.06. The fourth-order valence-corrected chi connectivity index (χ4v) is 3.37. The van der Waals surface area contributed by atoms with Gasteiger partial charge < -0.3 is 15.1 Å². The number of amides is 2. The Morgan fingerprint density at radius 1 is 1.08 bits per heavy atom. The first kappa shape index (κ1) is 17.3. The molecule has 1 aromatic carbocycles. The lowest BCUT2D eigenvalue weighted by Crippen LogP contribution is -2.48. The average molecular weight is 359 g/mol. The first-order valence-electron chi connectivity index (χ1n) is 8.29. The molecule has 1 fully saturated rings. The van der Waals surface area contributed by atoms with E-state index in [-0.39, 0.29) is 24.7 Å². The summed E-state index contributed by atoms with van der Waals surface area (Å²) < 4.78 is 0. The molecule has 0 atom stereocenters. The maximum Gasteiger partial charge on any atom is 0.226 e. The number of rotatable bonds is 5. The molecule has 1 aliphatic heterocycles. The lowest BCUT2D eigenvalue weighted by Gasteiger charge is -2.36. The van der Waals surface area contributed by atoms with E-state index in [2.05, 4.69) is 32.5 Å². The van der Waals surface area contributed by atoms with E-state index in [9.17, 15) is 9.59 Å². The van der Waals surface area contributed by atoms with Gasteiger partial charge in [-0.25, -0.2) is 0 Å². The molecule has 0 aliphatic carbocycles. The zero-order valence-electron chi connectivity index (χ0n) is 14.1. The SMILES string of the molecule is Cc1nnc(NC(=O)CCC(=O)N2CCN(c3ccccc3)CC2)s1. The number of piperazine rings is 1. The van der Waals surface area contributed by atoms with Crippen LogP contribution in [0.3, 0.4) is 0 Å². The zero-order valence-corrected chi connectivity index (χ0v) is 15.0. The molecule has 8 heteroatoms. The minimum absolute atomic E-state index is 0.0244. The molecule has 2 aromatic rings. The Kier molecular flexibility index (Phi) is 5.60. The van der Waals surface area contributed by atoms with Crippen LogP contribution in [0.1, 0.15) is 17.8 Å². The van der Waals surface area contributed by atoms with Crippen molar-refractivity contribution in [2.24, 2.45) is 0 Å². The summed E-state index contributed by atoms with van der Waals surface area (Å²) >= 11 is 1.32. The average Bonchev–Trinajstić information content (AvgIpc) is 3.05. The minimum Gasteiger partial charge on any atom is -0.368 e. The number of anilines is 2. The quantitative estimate of drug-likeness (QED) is 0.882. The van der Waals surface area contributed by atoms with Crippen LogP contribution in [-0.4, -0.2) is 53.1 Å². The van der Waals surface area contributed by atoms with Gasteiger partial charge in [0.2, 0.25) is 16.9 Å². The van der Waals surface area contributed by atoms with Crippen molar-refractivity contribution in [2.45, 2.75) is 19.8 Å². The van der Waals surface area contributed by atoms with Crippen molar-refractivity contribution in [3.8, 4) is 0 Å². The first-order valence-corrected chi connectivity index (χ1v) is 9.11. The van der Waals surface area contributed by atoms with Crippen molar-refractivity contribution < 1.29 is 9.59 Å². The van der Waals surface area contributed by atoms with E-state index in [1.807, 2.05) is 30.0 Å². The fraction of sp³-hybridized carbons (Fsp3) is 0.412. The number of para-hydroxylation sites is 1. The van der Waals surface area contributed by atoms with Gasteiger partial charge in [0.1, 0.15) is 5.01 Å². The van der Waals surface area contributed by atoms with E-state index < -0.39 is 0 Å². The second kappa shape index (κ2) is 8.06. The fourth-order valence-electron chi connectivity index (χ4n) is 2.76. The number of benzene rings is 1. The molecular weight excluding hydrogens is 338 g/mol. The van der Waals surface area contributed by atoms with Crippen molar-refractivity contribution >= 4 is 34.0 Å². The Bertz CT molecular complexity index is 726. The van der Waals surface area contributed by atoms with Crippen LogP contribution in [0, 0.1) is 6.92 Å². The molecule has 7 nitrogen and oxygen atoms in total. The molecule has 1 aliphatic rings. The van der Waals surface area contributed by atoms with E-state index in [0.29, 0.717) is 18.2 Å². The van der Waals surface area contributed by atoms with Crippen LogP contribution in [0.5, 0.6) is 0 Å². The molecular formula is C17H21N5O2S. The summed E-state index contributed by atoms with van der Waals surface area (Å²) in [5.41, 5.74) is 1.18. The van der Waals surface area contributed by atoms with Crippen LogP contribution in [-0.2, 0) is 9.59 Å². The number of carbonyl (C=O) groups is 2. The van der Waals surface area contributed by atoms with Gasteiger partial charge in [-0.1, -0.05) is 29.5 Å². The van der Waals surface area contributed by atoms with Gasteiger partial charge in [-0.3, -0.25) is 9.59 Å².